The first-order valence-electron chi connectivity index (χ1n) is 5.72. The first-order chi connectivity index (χ1) is 7.75. The quantitative estimate of drug-likeness (QED) is 0.803. The third-order valence-corrected chi connectivity index (χ3v) is 3.07. The van der Waals surface area contributed by atoms with Crippen LogP contribution in [0.2, 0.25) is 0 Å². The van der Waals surface area contributed by atoms with E-state index in [9.17, 15) is 4.79 Å². The first kappa shape index (κ1) is 11.0. The molecule has 0 amide bonds. The molecule has 1 fully saturated rings. The maximum atomic E-state index is 10.5. The molecule has 0 unspecified atom stereocenters. The average Bonchev–Trinajstić information content (AvgIpc) is 2.87. The van der Waals surface area contributed by atoms with Crippen molar-refractivity contribution in [2.75, 3.05) is 0 Å². The Morgan fingerprint density at radius 2 is 2.19 bits per heavy atom. The predicted molar refractivity (Wildman–Crippen MR) is 55.7 cm³/mol. The van der Waals surface area contributed by atoms with Gasteiger partial charge in [0, 0.05) is 13.0 Å². The second-order valence-corrected chi connectivity index (χ2v) is 4.32. The van der Waals surface area contributed by atoms with Crippen molar-refractivity contribution < 1.29 is 9.90 Å². The molecule has 1 heterocycles. The van der Waals surface area contributed by atoms with Crippen LogP contribution in [-0.2, 0) is 17.8 Å². The van der Waals surface area contributed by atoms with Crippen molar-refractivity contribution in [3.63, 3.8) is 0 Å². The van der Waals surface area contributed by atoms with Crippen LogP contribution in [0.25, 0.3) is 0 Å². The summed E-state index contributed by atoms with van der Waals surface area (Å²) in [4.78, 5) is 10.5. The molecule has 6 heteroatoms. The summed E-state index contributed by atoms with van der Waals surface area (Å²) in [5, 5.41) is 20.0. The lowest BCUT2D eigenvalue weighted by molar-refractivity contribution is -0.137. The zero-order chi connectivity index (χ0) is 11.4. The van der Waals surface area contributed by atoms with Crippen LogP contribution in [0.5, 0.6) is 0 Å². The Morgan fingerprint density at radius 1 is 1.44 bits per heavy atom. The molecule has 0 aliphatic heterocycles. The molecule has 0 bridgehead atoms. The highest BCUT2D eigenvalue weighted by Crippen LogP contribution is 2.26. The van der Waals surface area contributed by atoms with Crippen molar-refractivity contribution in [1.82, 2.24) is 20.2 Å². The lowest BCUT2D eigenvalue weighted by atomic mass is 10.1. The second kappa shape index (κ2) is 5.05. The summed E-state index contributed by atoms with van der Waals surface area (Å²) >= 11 is 0. The molecule has 1 saturated carbocycles. The number of aryl methyl sites for hydroxylation is 1. The highest BCUT2D eigenvalue weighted by atomic mass is 16.4. The van der Waals surface area contributed by atoms with E-state index in [0.29, 0.717) is 18.2 Å². The van der Waals surface area contributed by atoms with Crippen molar-refractivity contribution >= 4 is 5.97 Å². The minimum absolute atomic E-state index is 0.0883. The predicted octanol–water partition coefficient (Wildman–Crippen LogP) is 0.880. The fraction of sp³-hybridized carbons (Fsp3) is 0.800. The lowest BCUT2D eigenvalue weighted by Gasteiger charge is -2.09. The molecule has 0 radical (unpaired) electrons. The number of aromatic nitrogens is 4. The number of hydrogen-bond donors (Lipinski definition) is 1. The number of tetrazole rings is 1. The minimum Gasteiger partial charge on any atom is -0.481 e. The summed E-state index contributed by atoms with van der Waals surface area (Å²) in [6.07, 6.45) is 5.55. The highest BCUT2D eigenvalue weighted by Gasteiger charge is 2.18. The van der Waals surface area contributed by atoms with Crippen LogP contribution in [0.3, 0.4) is 0 Å². The molecule has 2 rings (SSSR count). The molecular formula is C10H16N4O2. The van der Waals surface area contributed by atoms with E-state index in [0.717, 1.165) is 6.54 Å². The third kappa shape index (κ3) is 2.77. The molecule has 0 spiro atoms. The van der Waals surface area contributed by atoms with Crippen molar-refractivity contribution in [3.05, 3.63) is 5.82 Å². The molecule has 1 aliphatic rings. The molecule has 1 aliphatic carbocycles. The fourth-order valence-electron chi connectivity index (χ4n) is 2.20. The van der Waals surface area contributed by atoms with Crippen LogP contribution in [0.1, 0.15) is 37.9 Å². The van der Waals surface area contributed by atoms with E-state index in [1.165, 1.54) is 25.7 Å². The standard InChI is InChI=1S/C10H16N4O2/c15-10(16)6-5-9-11-12-13-14(9)7-8-3-1-2-4-8/h8H,1-7H2,(H,15,16). The van der Waals surface area contributed by atoms with Crippen LogP contribution in [0.4, 0.5) is 0 Å². The van der Waals surface area contributed by atoms with Gasteiger partial charge in [-0.1, -0.05) is 12.8 Å². The molecule has 6 nitrogen and oxygen atoms in total. The Hall–Kier alpha value is -1.46. The lowest BCUT2D eigenvalue weighted by Crippen LogP contribution is -2.13. The summed E-state index contributed by atoms with van der Waals surface area (Å²) in [6, 6.07) is 0. The van der Waals surface area contributed by atoms with E-state index in [2.05, 4.69) is 15.5 Å². The molecule has 1 N–H and O–H groups in total. The van der Waals surface area contributed by atoms with Crippen LogP contribution < -0.4 is 0 Å². The van der Waals surface area contributed by atoms with Crippen LogP contribution in [-0.4, -0.2) is 31.3 Å². The Labute approximate surface area is 93.6 Å². The van der Waals surface area contributed by atoms with Gasteiger partial charge in [0.15, 0.2) is 5.82 Å². The first-order valence-corrected chi connectivity index (χ1v) is 5.72. The number of carboxylic acids is 1. The van der Waals surface area contributed by atoms with E-state index in [1.54, 1.807) is 4.68 Å². The normalized spacial score (nSPS) is 16.8. The average molecular weight is 224 g/mol. The van der Waals surface area contributed by atoms with Gasteiger partial charge in [-0.3, -0.25) is 4.79 Å². The Balaban J connectivity index is 1.92. The maximum Gasteiger partial charge on any atom is 0.303 e. The van der Waals surface area contributed by atoms with Crippen LogP contribution in [0.15, 0.2) is 0 Å². The van der Waals surface area contributed by atoms with Gasteiger partial charge in [0.2, 0.25) is 0 Å². The molecule has 16 heavy (non-hydrogen) atoms. The zero-order valence-electron chi connectivity index (χ0n) is 9.17. The number of aliphatic carboxylic acids is 1. The Bertz CT molecular complexity index is 357. The number of carbonyl (C=O) groups is 1. The summed E-state index contributed by atoms with van der Waals surface area (Å²) in [6.45, 7) is 0.835. The van der Waals surface area contributed by atoms with Crippen molar-refractivity contribution in [2.45, 2.75) is 45.1 Å². The maximum absolute atomic E-state index is 10.5. The topological polar surface area (TPSA) is 80.9 Å². The van der Waals surface area contributed by atoms with Crippen LogP contribution >= 0.6 is 0 Å². The molecular weight excluding hydrogens is 208 g/mol. The van der Waals surface area contributed by atoms with Gasteiger partial charge >= 0.3 is 5.97 Å². The molecule has 0 atom stereocenters. The van der Waals surface area contributed by atoms with E-state index in [-0.39, 0.29) is 6.42 Å². The smallest absolute Gasteiger partial charge is 0.303 e. The SMILES string of the molecule is O=C(O)CCc1nnnn1CC1CCCC1. The Morgan fingerprint density at radius 3 is 2.88 bits per heavy atom. The summed E-state index contributed by atoms with van der Waals surface area (Å²) < 4.78 is 1.76. The number of carboxylic acid groups (broad SMARTS) is 1. The van der Waals surface area contributed by atoms with E-state index in [4.69, 9.17) is 5.11 Å². The van der Waals surface area contributed by atoms with E-state index in [1.807, 2.05) is 0 Å². The van der Waals surface area contributed by atoms with E-state index >= 15 is 0 Å². The summed E-state index contributed by atoms with van der Waals surface area (Å²) in [7, 11) is 0. The van der Waals surface area contributed by atoms with Crippen molar-refractivity contribution in [1.29, 1.82) is 0 Å². The van der Waals surface area contributed by atoms with Gasteiger partial charge in [-0.15, -0.1) is 5.10 Å². The van der Waals surface area contributed by atoms with Gasteiger partial charge in [-0.2, -0.15) is 0 Å². The zero-order valence-corrected chi connectivity index (χ0v) is 9.17. The molecule has 88 valence electrons. The van der Waals surface area contributed by atoms with Gasteiger partial charge in [-0.05, 0) is 29.2 Å². The van der Waals surface area contributed by atoms with Gasteiger partial charge < -0.3 is 5.11 Å². The number of nitrogens with zero attached hydrogens (tertiary/aromatic N) is 4. The molecule has 1 aromatic rings. The monoisotopic (exact) mass is 224 g/mol. The third-order valence-electron chi connectivity index (χ3n) is 3.07. The van der Waals surface area contributed by atoms with Gasteiger partial charge in [0.05, 0.1) is 6.42 Å². The van der Waals surface area contributed by atoms with Gasteiger partial charge in [0.25, 0.3) is 0 Å². The van der Waals surface area contributed by atoms with Crippen molar-refractivity contribution in [2.24, 2.45) is 5.92 Å². The summed E-state index contributed by atoms with van der Waals surface area (Å²) in [5.74, 6) is 0.539. The van der Waals surface area contributed by atoms with Crippen LogP contribution in [0, 0.1) is 5.92 Å². The second-order valence-electron chi connectivity index (χ2n) is 4.32. The minimum atomic E-state index is -0.810. The number of hydrogen-bond acceptors (Lipinski definition) is 4. The van der Waals surface area contributed by atoms with E-state index < -0.39 is 5.97 Å². The Kier molecular flexibility index (Phi) is 3.48. The molecule has 0 aromatic carbocycles. The van der Waals surface area contributed by atoms with Gasteiger partial charge in [-0.25, -0.2) is 4.68 Å². The van der Waals surface area contributed by atoms with Crippen molar-refractivity contribution in [3.8, 4) is 0 Å². The molecule has 1 aromatic heterocycles. The largest absolute Gasteiger partial charge is 0.481 e. The number of rotatable bonds is 5. The fourth-order valence-corrected chi connectivity index (χ4v) is 2.20. The molecule has 0 saturated heterocycles. The summed E-state index contributed by atoms with van der Waals surface area (Å²) in [5.41, 5.74) is 0. The van der Waals surface area contributed by atoms with Gasteiger partial charge in [0.1, 0.15) is 0 Å². The highest BCUT2D eigenvalue weighted by molar-refractivity contribution is 5.66.